The van der Waals surface area contributed by atoms with Crippen molar-refractivity contribution in [2.45, 2.75) is 0 Å². The minimum absolute atomic E-state index is 1.06. The van der Waals surface area contributed by atoms with Crippen molar-refractivity contribution in [3.8, 4) is 83.6 Å². The summed E-state index contributed by atoms with van der Waals surface area (Å²) in [5, 5.41) is 12.0. The van der Waals surface area contributed by atoms with Crippen LogP contribution in [-0.2, 0) is 0 Å². The highest BCUT2D eigenvalue weighted by Crippen LogP contribution is 2.53. The van der Waals surface area contributed by atoms with Crippen LogP contribution in [0.25, 0.3) is 148 Å². The molecule has 0 fully saturated rings. The number of hydrogen-bond donors (Lipinski definition) is 0. The van der Waals surface area contributed by atoms with Crippen LogP contribution >= 0.6 is 0 Å². The van der Waals surface area contributed by atoms with Crippen LogP contribution in [-0.4, -0.2) is 4.57 Å². The standard InChI is InChI=1S/C88H58N2/c1-5-26-59(27-6-1)62-32-25-33-65(56-62)85-73-40-17-19-42-75(73)86(76-43-20-18-41-74(76)85)87-77-44-21-23-46-79(77)88(80-47-24-22-45-78(80)87)89(66-34-11-4-12-35-66)67-50-52-68(53-51-67)90-83-54-48-63(71-38-15-13-36-69(71)60-28-7-2-8-29-60)57-81(83)82-58-64(49-55-84(82)90)72-39-16-14-37-70(72)61-30-9-3-10-31-61/h1-58H. The van der Waals surface area contributed by atoms with Crippen molar-refractivity contribution in [1.29, 1.82) is 0 Å². The smallest absolute Gasteiger partial charge is 0.0618 e. The molecule has 0 atom stereocenters. The summed E-state index contributed by atoms with van der Waals surface area (Å²) < 4.78 is 2.46. The van der Waals surface area contributed by atoms with Crippen molar-refractivity contribution in [3.05, 3.63) is 352 Å². The van der Waals surface area contributed by atoms with Crippen molar-refractivity contribution >= 4 is 82.0 Å². The number of nitrogens with zero attached hydrogens (tertiary/aromatic N) is 2. The van der Waals surface area contributed by atoms with Gasteiger partial charge in [-0.05, 0) is 177 Å². The Bertz CT molecular complexity index is 5320. The fraction of sp³-hybridized carbons (Fsp3) is 0. The van der Waals surface area contributed by atoms with Gasteiger partial charge in [0.2, 0.25) is 0 Å². The number of hydrogen-bond acceptors (Lipinski definition) is 1. The van der Waals surface area contributed by atoms with Gasteiger partial charge in [0.25, 0.3) is 0 Å². The maximum Gasteiger partial charge on any atom is 0.0618 e. The highest BCUT2D eigenvalue weighted by molar-refractivity contribution is 6.30. The van der Waals surface area contributed by atoms with Crippen LogP contribution in [0.1, 0.15) is 0 Å². The van der Waals surface area contributed by atoms with Crippen LogP contribution < -0.4 is 4.90 Å². The van der Waals surface area contributed by atoms with E-state index in [2.05, 4.69) is 361 Å². The van der Waals surface area contributed by atoms with Crippen molar-refractivity contribution < 1.29 is 0 Å². The summed E-state index contributed by atoms with van der Waals surface area (Å²) in [7, 11) is 0. The van der Waals surface area contributed by atoms with Gasteiger partial charge >= 0.3 is 0 Å². The monoisotopic (exact) mass is 1140 g/mol. The van der Waals surface area contributed by atoms with E-state index in [9.17, 15) is 0 Å². The minimum Gasteiger partial charge on any atom is -0.309 e. The van der Waals surface area contributed by atoms with E-state index in [1.807, 2.05) is 0 Å². The third-order valence-corrected chi connectivity index (χ3v) is 18.4. The average molecular weight is 1140 g/mol. The van der Waals surface area contributed by atoms with E-state index in [-0.39, 0.29) is 0 Å². The fourth-order valence-electron chi connectivity index (χ4n) is 14.4. The van der Waals surface area contributed by atoms with Gasteiger partial charge in [0.1, 0.15) is 0 Å². The lowest BCUT2D eigenvalue weighted by Crippen LogP contribution is -2.11. The molecule has 2 heteroatoms. The van der Waals surface area contributed by atoms with Crippen molar-refractivity contribution in [2.75, 3.05) is 4.90 Å². The highest BCUT2D eigenvalue weighted by atomic mass is 15.1. The molecular formula is C88H58N2. The second-order valence-electron chi connectivity index (χ2n) is 23.4. The van der Waals surface area contributed by atoms with Gasteiger partial charge in [-0.2, -0.15) is 0 Å². The molecule has 0 radical (unpaired) electrons. The van der Waals surface area contributed by atoms with Gasteiger partial charge in [-0.25, -0.2) is 0 Å². The molecule has 90 heavy (non-hydrogen) atoms. The van der Waals surface area contributed by atoms with Crippen LogP contribution in [0.2, 0.25) is 0 Å². The molecule has 0 aliphatic rings. The van der Waals surface area contributed by atoms with E-state index in [0.29, 0.717) is 0 Å². The van der Waals surface area contributed by atoms with E-state index < -0.39 is 0 Å². The number of aromatic nitrogens is 1. The summed E-state index contributed by atoms with van der Waals surface area (Å²) in [6.07, 6.45) is 0. The zero-order chi connectivity index (χ0) is 59.5. The molecular weight excluding hydrogens is 1080 g/mol. The first-order valence-corrected chi connectivity index (χ1v) is 31.1. The number of anilines is 3. The molecule has 0 unspecified atom stereocenters. The molecule has 0 aliphatic heterocycles. The summed E-state index contributed by atoms with van der Waals surface area (Å²) in [5.41, 5.74) is 23.6. The molecule has 420 valence electrons. The fourth-order valence-corrected chi connectivity index (χ4v) is 14.4. The van der Waals surface area contributed by atoms with E-state index in [4.69, 9.17) is 0 Å². The summed E-state index contributed by atoms with van der Waals surface area (Å²) in [4.78, 5) is 2.48. The van der Waals surface area contributed by atoms with Gasteiger partial charge in [0, 0.05) is 38.6 Å². The third kappa shape index (κ3) is 8.88. The predicted octanol–water partition coefficient (Wildman–Crippen LogP) is 24.5. The first-order chi connectivity index (χ1) is 44.7. The largest absolute Gasteiger partial charge is 0.309 e. The van der Waals surface area contributed by atoms with E-state index in [1.165, 1.54) is 132 Å². The molecule has 17 aromatic rings. The van der Waals surface area contributed by atoms with E-state index >= 15 is 0 Å². The summed E-state index contributed by atoms with van der Waals surface area (Å²) in [6.45, 7) is 0. The molecule has 0 aliphatic carbocycles. The van der Waals surface area contributed by atoms with Gasteiger partial charge in [-0.1, -0.05) is 285 Å². The maximum absolute atomic E-state index is 2.48. The Labute approximate surface area is 523 Å². The minimum atomic E-state index is 1.06. The molecule has 0 amide bonds. The molecule has 1 heterocycles. The van der Waals surface area contributed by atoms with Gasteiger partial charge < -0.3 is 9.47 Å². The van der Waals surface area contributed by atoms with Crippen molar-refractivity contribution in [1.82, 2.24) is 4.57 Å². The molecule has 0 spiro atoms. The van der Waals surface area contributed by atoms with Crippen LogP contribution in [0, 0.1) is 0 Å². The van der Waals surface area contributed by atoms with Gasteiger partial charge in [-0.15, -0.1) is 0 Å². The Kier molecular flexibility index (Phi) is 12.9. The molecule has 0 N–H and O–H groups in total. The number of fused-ring (bicyclic) bond motifs is 7. The SMILES string of the molecule is c1ccc(-c2cccc(-c3c4ccccc4c(-c4c5ccccc5c(N(c5ccccc5)c5ccc(-n6c7ccc(-c8ccccc8-c8ccccc8)cc7c7cc(-c8ccccc8-c8ccccc8)ccc76)cc5)c5ccccc45)c4ccccc34)c2)cc1. The third-order valence-electron chi connectivity index (χ3n) is 18.4. The highest BCUT2D eigenvalue weighted by Gasteiger charge is 2.26. The van der Waals surface area contributed by atoms with Crippen molar-refractivity contribution in [2.24, 2.45) is 0 Å². The second kappa shape index (κ2) is 22.1. The zero-order valence-electron chi connectivity index (χ0n) is 49.4. The van der Waals surface area contributed by atoms with Crippen LogP contribution in [0.3, 0.4) is 0 Å². The molecule has 2 nitrogen and oxygen atoms in total. The molecule has 0 saturated heterocycles. The van der Waals surface area contributed by atoms with Crippen LogP contribution in [0.15, 0.2) is 352 Å². The Hall–Kier alpha value is -11.8. The Balaban J connectivity index is 0.850. The lowest BCUT2D eigenvalue weighted by atomic mass is 9.82. The molecule has 0 bridgehead atoms. The second-order valence-corrected chi connectivity index (χ2v) is 23.4. The maximum atomic E-state index is 2.48. The summed E-state index contributed by atoms with van der Waals surface area (Å²) in [5.74, 6) is 0. The van der Waals surface area contributed by atoms with E-state index in [1.54, 1.807) is 0 Å². The molecule has 17 rings (SSSR count). The van der Waals surface area contributed by atoms with Crippen LogP contribution in [0.5, 0.6) is 0 Å². The number of benzene rings is 16. The quantitative estimate of drug-likeness (QED) is 0.117. The summed E-state index contributed by atoms with van der Waals surface area (Å²) >= 11 is 0. The van der Waals surface area contributed by atoms with E-state index in [0.717, 1.165) is 33.8 Å². The lowest BCUT2D eigenvalue weighted by molar-refractivity contribution is 1.17. The topological polar surface area (TPSA) is 8.17 Å². The molecule has 1 aromatic heterocycles. The number of para-hydroxylation sites is 1. The normalized spacial score (nSPS) is 11.6. The zero-order valence-corrected chi connectivity index (χ0v) is 49.4. The Morgan fingerprint density at radius 3 is 0.978 bits per heavy atom. The number of rotatable bonds is 11. The van der Waals surface area contributed by atoms with Gasteiger partial charge in [0.05, 0.1) is 16.7 Å². The molecule has 16 aromatic carbocycles. The lowest BCUT2D eigenvalue weighted by Gasteiger charge is -2.30. The molecule has 0 saturated carbocycles. The predicted molar refractivity (Wildman–Crippen MR) is 384 cm³/mol. The first kappa shape index (κ1) is 52.5. The van der Waals surface area contributed by atoms with Gasteiger partial charge in [-0.3, -0.25) is 0 Å². The average Bonchev–Trinajstić information content (AvgIpc) is 0.771. The Morgan fingerprint density at radius 2 is 0.522 bits per heavy atom. The first-order valence-electron chi connectivity index (χ1n) is 31.1. The van der Waals surface area contributed by atoms with Crippen LogP contribution in [0.4, 0.5) is 17.1 Å². The van der Waals surface area contributed by atoms with Crippen molar-refractivity contribution in [3.63, 3.8) is 0 Å². The summed E-state index contributed by atoms with van der Waals surface area (Å²) in [6, 6.07) is 129. The van der Waals surface area contributed by atoms with Gasteiger partial charge in [0.15, 0.2) is 0 Å². The Morgan fingerprint density at radius 1 is 0.189 bits per heavy atom.